The standard InChI is InChI=1S/C11H14FN/c12-10-6-2-5-9(11(10)13)7-8-3-1-4-8/h2,5-6,8H,1,3-4,7,13H2. The minimum atomic E-state index is -0.281. The number of benzene rings is 1. The van der Waals surface area contributed by atoms with E-state index in [2.05, 4.69) is 0 Å². The lowest BCUT2D eigenvalue weighted by molar-refractivity contribution is 0.314. The van der Waals surface area contributed by atoms with E-state index in [0.717, 1.165) is 17.9 Å². The van der Waals surface area contributed by atoms with Crippen LogP contribution in [0.2, 0.25) is 0 Å². The molecule has 0 saturated heterocycles. The SMILES string of the molecule is Nc1c(F)cccc1CC1CCC1. The number of nitrogen functional groups attached to an aromatic ring is 1. The molecule has 0 heterocycles. The average Bonchev–Trinajstić information content (AvgIpc) is 2.04. The molecule has 1 nitrogen and oxygen atoms in total. The molecule has 2 rings (SSSR count). The molecule has 13 heavy (non-hydrogen) atoms. The summed E-state index contributed by atoms with van der Waals surface area (Å²) < 4.78 is 13.0. The van der Waals surface area contributed by atoms with E-state index in [0.29, 0.717) is 5.69 Å². The molecule has 70 valence electrons. The average molecular weight is 179 g/mol. The molecule has 1 aromatic rings. The van der Waals surface area contributed by atoms with E-state index < -0.39 is 0 Å². The van der Waals surface area contributed by atoms with Gasteiger partial charge in [0.05, 0.1) is 5.69 Å². The second-order valence-corrected chi connectivity index (χ2v) is 3.81. The fourth-order valence-electron chi connectivity index (χ4n) is 1.77. The van der Waals surface area contributed by atoms with E-state index in [1.165, 1.54) is 25.3 Å². The molecule has 1 aliphatic rings. The van der Waals surface area contributed by atoms with Crippen molar-refractivity contribution in [1.29, 1.82) is 0 Å². The summed E-state index contributed by atoms with van der Waals surface area (Å²) in [5.41, 5.74) is 6.95. The minimum Gasteiger partial charge on any atom is -0.396 e. The zero-order chi connectivity index (χ0) is 9.26. The van der Waals surface area contributed by atoms with Gasteiger partial charge < -0.3 is 5.73 Å². The second-order valence-electron chi connectivity index (χ2n) is 3.81. The van der Waals surface area contributed by atoms with Crippen LogP contribution in [0.5, 0.6) is 0 Å². The maximum Gasteiger partial charge on any atom is 0.146 e. The Balaban J connectivity index is 2.14. The second kappa shape index (κ2) is 3.36. The van der Waals surface area contributed by atoms with E-state index >= 15 is 0 Å². The summed E-state index contributed by atoms with van der Waals surface area (Å²) in [6.45, 7) is 0. The number of hydrogen-bond donors (Lipinski definition) is 1. The van der Waals surface area contributed by atoms with Crippen molar-refractivity contribution in [2.75, 3.05) is 5.73 Å². The van der Waals surface area contributed by atoms with Crippen LogP contribution in [0.25, 0.3) is 0 Å². The molecule has 0 atom stereocenters. The van der Waals surface area contributed by atoms with Crippen LogP contribution in [-0.2, 0) is 6.42 Å². The van der Waals surface area contributed by atoms with Gasteiger partial charge in [-0.3, -0.25) is 0 Å². The third-order valence-corrected chi connectivity index (χ3v) is 2.88. The van der Waals surface area contributed by atoms with Crippen LogP contribution >= 0.6 is 0 Å². The predicted octanol–water partition coefficient (Wildman–Crippen LogP) is 2.75. The zero-order valence-electron chi connectivity index (χ0n) is 7.59. The molecule has 0 bridgehead atoms. The number of rotatable bonds is 2. The van der Waals surface area contributed by atoms with Crippen molar-refractivity contribution in [1.82, 2.24) is 0 Å². The van der Waals surface area contributed by atoms with E-state index in [1.54, 1.807) is 6.07 Å². The summed E-state index contributed by atoms with van der Waals surface area (Å²) in [6.07, 6.45) is 4.81. The van der Waals surface area contributed by atoms with Gasteiger partial charge in [0.2, 0.25) is 0 Å². The Hall–Kier alpha value is -1.05. The van der Waals surface area contributed by atoms with Gasteiger partial charge in [-0.05, 0) is 24.0 Å². The highest BCUT2D eigenvalue weighted by atomic mass is 19.1. The van der Waals surface area contributed by atoms with Crippen LogP contribution in [0.15, 0.2) is 18.2 Å². The van der Waals surface area contributed by atoms with Crippen LogP contribution in [0.1, 0.15) is 24.8 Å². The van der Waals surface area contributed by atoms with Crippen molar-refractivity contribution < 1.29 is 4.39 Å². The van der Waals surface area contributed by atoms with Gasteiger partial charge in [0, 0.05) is 0 Å². The number of hydrogen-bond acceptors (Lipinski definition) is 1. The first-order valence-electron chi connectivity index (χ1n) is 4.80. The van der Waals surface area contributed by atoms with Gasteiger partial charge >= 0.3 is 0 Å². The van der Waals surface area contributed by atoms with Gasteiger partial charge in [-0.1, -0.05) is 31.4 Å². The monoisotopic (exact) mass is 179 g/mol. The quantitative estimate of drug-likeness (QED) is 0.694. The third-order valence-electron chi connectivity index (χ3n) is 2.88. The molecule has 0 spiro atoms. The van der Waals surface area contributed by atoms with Crippen molar-refractivity contribution in [2.24, 2.45) is 5.92 Å². The van der Waals surface area contributed by atoms with Crippen molar-refractivity contribution in [3.8, 4) is 0 Å². The Morgan fingerprint density at radius 3 is 2.77 bits per heavy atom. The molecule has 0 unspecified atom stereocenters. The molecule has 0 amide bonds. The topological polar surface area (TPSA) is 26.0 Å². The molecule has 0 radical (unpaired) electrons. The summed E-state index contributed by atoms with van der Waals surface area (Å²) in [4.78, 5) is 0. The number of para-hydroxylation sites is 1. The van der Waals surface area contributed by atoms with Gasteiger partial charge in [0.1, 0.15) is 5.82 Å². The number of halogens is 1. The summed E-state index contributed by atoms with van der Waals surface area (Å²) in [5, 5.41) is 0. The van der Waals surface area contributed by atoms with Crippen LogP contribution in [0.4, 0.5) is 10.1 Å². The van der Waals surface area contributed by atoms with Crippen molar-refractivity contribution in [3.63, 3.8) is 0 Å². The number of nitrogens with two attached hydrogens (primary N) is 1. The highest BCUT2D eigenvalue weighted by Crippen LogP contribution is 2.31. The first-order chi connectivity index (χ1) is 6.27. The number of anilines is 1. The summed E-state index contributed by atoms with van der Waals surface area (Å²) >= 11 is 0. The summed E-state index contributed by atoms with van der Waals surface area (Å²) in [5.74, 6) is 0.459. The minimum absolute atomic E-state index is 0.281. The lowest BCUT2D eigenvalue weighted by atomic mass is 9.80. The van der Waals surface area contributed by atoms with Crippen LogP contribution < -0.4 is 5.73 Å². The Morgan fingerprint density at radius 1 is 1.38 bits per heavy atom. The molecular weight excluding hydrogens is 165 g/mol. The molecule has 1 fully saturated rings. The fraction of sp³-hybridized carbons (Fsp3) is 0.455. The predicted molar refractivity (Wildman–Crippen MR) is 51.9 cm³/mol. The smallest absolute Gasteiger partial charge is 0.146 e. The first kappa shape index (κ1) is 8.54. The van der Waals surface area contributed by atoms with Crippen LogP contribution in [-0.4, -0.2) is 0 Å². The molecule has 0 aromatic heterocycles. The summed E-state index contributed by atoms with van der Waals surface area (Å²) in [6, 6.07) is 5.08. The molecule has 1 aromatic carbocycles. The van der Waals surface area contributed by atoms with Crippen molar-refractivity contribution >= 4 is 5.69 Å². The molecule has 2 heteroatoms. The van der Waals surface area contributed by atoms with E-state index in [-0.39, 0.29) is 5.82 Å². The van der Waals surface area contributed by atoms with Crippen LogP contribution in [0, 0.1) is 11.7 Å². The maximum atomic E-state index is 13.0. The zero-order valence-corrected chi connectivity index (χ0v) is 7.59. The van der Waals surface area contributed by atoms with E-state index in [1.807, 2.05) is 6.07 Å². The highest BCUT2D eigenvalue weighted by Gasteiger charge is 2.19. The Labute approximate surface area is 77.8 Å². The lowest BCUT2D eigenvalue weighted by Gasteiger charge is -2.25. The van der Waals surface area contributed by atoms with Crippen molar-refractivity contribution in [3.05, 3.63) is 29.6 Å². The molecular formula is C11H14FN. The Bertz CT molecular complexity index is 305. The van der Waals surface area contributed by atoms with E-state index in [9.17, 15) is 4.39 Å². The van der Waals surface area contributed by atoms with Gasteiger partial charge in [0.25, 0.3) is 0 Å². The third kappa shape index (κ3) is 1.67. The first-order valence-corrected chi connectivity index (χ1v) is 4.80. The Kier molecular flexibility index (Phi) is 2.21. The van der Waals surface area contributed by atoms with Gasteiger partial charge in [0.15, 0.2) is 0 Å². The Morgan fingerprint density at radius 2 is 2.15 bits per heavy atom. The maximum absolute atomic E-state index is 13.0. The lowest BCUT2D eigenvalue weighted by Crippen LogP contribution is -2.14. The van der Waals surface area contributed by atoms with Gasteiger partial charge in [-0.15, -0.1) is 0 Å². The van der Waals surface area contributed by atoms with Gasteiger partial charge in [-0.25, -0.2) is 4.39 Å². The summed E-state index contributed by atoms with van der Waals surface area (Å²) in [7, 11) is 0. The van der Waals surface area contributed by atoms with Gasteiger partial charge in [-0.2, -0.15) is 0 Å². The molecule has 1 saturated carbocycles. The fourth-order valence-corrected chi connectivity index (χ4v) is 1.77. The van der Waals surface area contributed by atoms with Crippen LogP contribution in [0.3, 0.4) is 0 Å². The molecule has 2 N–H and O–H groups in total. The normalized spacial score (nSPS) is 17.0. The van der Waals surface area contributed by atoms with Crippen molar-refractivity contribution in [2.45, 2.75) is 25.7 Å². The van der Waals surface area contributed by atoms with E-state index in [4.69, 9.17) is 5.73 Å². The highest BCUT2D eigenvalue weighted by molar-refractivity contribution is 5.48. The largest absolute Gasteiger partial charge is 0.396 e. The molecule has 0 aliphatic heterocycles. The molecule has 1 aliphatic carbocycles.